The molecule has 0 saturated carbocycles. The Morgan fingerprint density at radius 1 is 1.43 bits per heavy atom. The maximum atomic E-state index is 12.1. The lowest BCUT2D eigenvalue weighted by Gasteiger charge is -2.16. The number of imidazole rings is 1. The van der Waals surface area contributed by atoms with Gasteiger partial charge < -0.3 is 20.1 Å². The van der Waals surface area contributed by atoms with Crippen LogP contribution in [0.25, 0.3) is 0 Å². The predicted octanol–water partition coefficient (Wildman–Crippen LogP) is 0.0244. The van der Waals surface area contributed by atoms with Crippen LogP contribution in [0.1, 0.15) is 16.1 Å². The van der Waals surface area contributed by atoms with Crippen LogP contribution in [0.3, 0.4) is 0 Å². The minimum absolute atomic E-state index is 0.0310. The second kappa shape index (κ2) is 6.51. The van der Waals surface area contributed by atoms with Crippen molar-refractivity contribution < 1.29 is 19.4 Å². The maximum Gasteiger partial charge on any atom is 0.328 e. The highest BCUT2D eigenvalue weighted by Gasteiger charge is 2.24. The second-order valence-electron chi connectivity index (χ2n) is 4.22. The summed E-state index contributed by atoms with van der Waals surface area (Å²) in [5.41, 5.74) is 0.702. The molecule has 0 bridgehead atoms. The third-order valence-electron chi connectivity index (χ3n) is 2.81. The number of pyridine rings is 1. The molecule has 3 N–H and O–H groups in total. The summed E-state index contributed by atoms with van der Waals surface area (Å²) in [5, 5.41) is 12.1. The zero-order chi connectivity index (χ0) is 15.2. The van der Waals surface area contributed by atoms with E-state index >= 15 is 0 Å². The minimum Gasteiger partial charge on any atom is -0.505 e. The second-order valence-corrected chi connectivity index (χ2v) is 4.22. The summed E-state index contributed by atoms with van der Waals surface area (Å²) in [5.74, 6) is -1.45. The van der Waals surface area contributed by atoms with Gasteiger partial charge in [0.15, 0.2) is 0 Å². The molecule has 0 aliphatic carbocycles. The van der Waals surface area contributed by atoms with E-state index in [4.69, 9.17) is 0 Å². The SMILES string of the molecule is COC(=O)[C@@H](Cc1cnc[nH]1)NC(=O)c1ccncc1O. The summed E-state index contributed by atoms with van der Waals surface area (Å²) >= 11 is 0. The average molecular weight is 290 g/mol. The number of carbonyl (C=O) groups is 2. The third kappa shape index (κ3) is 3.56. The fourth-order valence-electron chi connectivity index (χ4n) is 1.77. The Hall–Kier alpha value is -2.90. The number of hydrogen-bond donors (Lipinski definition) is 3. The zero-order valence-corrected chi connectivity index (χ0v) is 11.2. The van der Waals surface area contributed by atoms with Crippen LogP contribution in [0.4, 0.5) is 0 Å². The smallest absolute Gasteiger partial charge is 0.328 e. The van der Waals surface area contributed by atoms with Crippen LogP contribution in [0, 0.1) is 0 Å². The summed E-state index contributed by atoms with van der Waals surface area (Å²) in [6.07, 6.45) is 5.74. The van der Waals surface area contributed by atoms with E-state index in [2.05, 4.69) is 25.0 Å². The van der Waals surface area contributed by atoms with Crippen LogP contribution in [0.5, 0.6) is 5.75 Å². The van der Waals surface area contributed by atoms with Gasteiger partial charge in [0.25, 0.3) is 5.91 Å². The van der Waals surface area contributed by atoms with Gasteiger partial charge in [-0.25, -0.2) is 9.78 Å². The first-order valence-electron chi connectivity index (χ1n) is 6.10. The van der Waals surface area contributed by atoms with Gasteiger partial charge in [0.05, 0.1) is 25.2 Å². The Kier molecular flexibility index (Phi) is 4.50. The van der Waals surface area contributed by atoms with Crippen molar-refractivity contribution in [3.63, 3.8) is 0 Å². The predicted molar refractivity (Wildman–Crippen MR) is 71.5 cm³/mol. The molecule has 2 aromatic rings. The number of hydrogen-bond acceptors (Lipinski definition) is 6. The standard InChI is InChI=1S/C13H14N4O4/c1-21-13(20)10(4-8-5-15-7-16-8)17-12(19)9-2-3-14-6-11(9)18/h2-3,5-7,10,18H,4H2,1H3,(H,15,16)(H,17,19)/t10-/m1/s1. The van der Waals surface area contributed by atoms with Crippen molar-refractivity contribution >= 4 is 11.9 Å². The van der Waals surface area contributed by atoms with Crippen molar-refractivity contribution in [1.29, 1.82) is 0 Å². The number of H-pyrrole nitrogens is 1. The monoisotopic (exact) mass is 290 g/mol. The molecule has 8 heteroatoms. The van der Waals surface area contributed by atoms with E-state index in [-0.39, 0.29) is 17.7 Å². The van der Waals surface area contributed by atoms with Gasteiger partial charge in [-0.2, -0.15) is 0 Å². The van der Waals surface area contributed by atoms with E-state index in [9.17, 15) is 14.7 Å². The van der Waals surface area contributed by atoms with Crippen molar-refractivity contribution in [2.75, 3.05) is 7.11 Å². The summed E-state index contributed by atoms with van der Waals surface area (Å²) in [6, 6.07) is 0.463. The largest absolute Gasteiger partial charge is 0.505 e. The number of nitrogens with zero attached hydrogens (tertiary/aromatic N) is 2. The van der Waals surface area contributed by atoms with Gasteiger partial charge in [-0.3, -0.25) is 9.78 Å². The molecular weight excluding hydrogens is 276 g/mol. The number of aromatic nitrogens is 3. The first kappa shape index (κ1) is 14.5. The van der Waals surface area contributed by atoms with Crippen LogP contribution in [-0.4, -0.2) is 45.1 Å². The molecule has 2 aromatic heterocycles. The molecule has 2 heterocycles. The minimum atomic E-state index is -0.893. The van der Waals surface area contributed by atoms with E-state index < -0.39 is 17.9 Å². The lowest BCUT2D eigenvalue weighted by atomic mass is 10.1. The average Bonchev–Trinajstić information content (AvgIpc) is 2.99. The molecule has 0 fully saturated rings. The number of methoxy groups -OCH3 is 1. The first-order valence-corrected chi connectivity index (χ1v) is 6.10. The molecule has 0 radical (unpaired) electrons. The van der Waals surface area contributed by atoms with Crippen LogP contribution in [-0.2, 0) is 16.0 Å². The van der Waals surface area contributed by atoms with Crippen LogP contribution in [0.2, 0.25) is 0 Å². The molecule has 0 aliphatic heterocycles. The van der Waals surface area contributed by atoms with Gasteiger partial charge in [0, 0.05) is 24.5 Å². The summed E-state index contributed by atoms with van der Waals surface area (Å²) in [4.78, 5) is 34.2. The van der Waals surface area contributed by atoms with E-state index in [1.807, 2.05) is 0 Å². The van der Waals surface area contributed by atoms with Gasteiger partial charge in [0.2, 0.25) is 0 Å². The van der Waals surface area contributed by atoms with Crippen molar-refractivity contribution in [1.82, 2.24) is 20.3 Å². The van der Waals surface area contributed by atoms with Gasteiger partial charge >= 0.3 is 5.97 Å². The lowest BCUT2D eigenvalue weighted by molar-refractivity contribution is -0.142. The van der Waals surface area contributed by atoms with Crippen LogP contribution in [0.15, 0.2) is 31.0 Å². The Bertz CT molecular complexity index is 627. The number of aromatic hydroxyl groups is 1. The molecular formula is C13H14N4O4. The van der Waals surface area contributed by atoms with Gasteiger partial charge in [0.1, 0.15) is 11.8 Å². The number of amides is 1. The number of rotatable bonds is 5. The molecule has 0 aliphatic rings. The number of carbonyl (C=O) groups excluding carboxylic acids is 2. The molecule has 1 atom stereocenters. The van der Waals surface area contributed by atoms with E-state index in [1.54, 1.807) is 6.20 Å². The number of esters is 1. The quantitative estimate of drug-likeness (QED) is 0.668. The fourth-order valence-corrected chi connectivity index (χ4v) is 1.77. The van der Waals surface area contributed by atoms with E-state index in [0.717, 1.165) is 6.20 Å². The summed E-state index contributed by atoms with van der Waals surface area (Å²) in [7, 11) is 1.23. The Labute approximate surface area is 120 Å². The van der Waals surface area contributed by atoms with Crippen molar-refractivity contribution in [3.8, 4) is 5.75 Å². The van der Waals surface area contributed by atoms with Crippen LogP contribution < -0.4 is 5.32 Å². The highest BCUT2D eigenvalue weighted by Crippen LogP contribution is 2.14. The summed E-state index contributed by atoms with van der Waals surface area (Å²) < 4.78 is 4.67. The molecule has 2 rings (SSSR count). The number of ether oxygens (including phenoxy) is 1. The molecule has 0 aromatic carbocycles. The summed E-state index contributed by atoms with van der Waals surface area (Å²) in [6.45, 7) is 0. The first-order chi connectivity index (χ1) is 10.1. The molecule has 8 nitrogen and oxygen atoms in total. The lowest BCUT2D eigenvalue weighted by Crippen LogP contribution is -2.43. The van der Waals surface area contributed by atoms with Gasteiger partial charge in [-0.15, -0.1) is 0 Å². The number of nitrogens with one attached hydrogen (secondary N) is 2. The van der Waals surface area contributed by atoms with E-state index in [0.29, 0.717) is 5.69 Å². The Balaban J connectivity index is 2.13. The maximum absolute atomic E-state index is 12.1. The Morgan fingerprint density at radius 2 is 2.24 bits per heavy atom. The molecule has 0 saturated heterocycles. The molecule has 0 unspecified atom stereocenters. The van der Waals surface area contributed by atoms with Crippen molar-refractivity contribution in [3.05, 3.63) is 42.2 Å². The molecule has 0 spiro atoms. The number of aromatic amines is 1. The van der Waals surface area contributed by atoms with Gasteiger partial charge in [-0.1, -0.05) is 0 Å². The molecule has 21 heavy (non-hydrogen) atoms. The third-order valence-corrected chi connectivity index (χ3v) is 2.81. The normalized spacial score (nSPS) is 11.7. The highest BCUT2D eigenvalue weighted by molar-refractivity contribution is 5.98. The van der Waals surface area contributed by atoms with Gasteiger partial charge in [-0.05, 0) is 6.07 Å². The van der Waals surface area contributed by atoms with Crippen molar-refractivity contribution in [2.24, 2.45) is 0 Å². The molecule has 110 valence electrons. The van der Waals surface area contributed by atoms with E-state index in [1.165, 1.54) is 25.7 Å². The topological polar surface area (TPSA) is 117 Å². The zero-order valence-electron chi connectivity index (χ0n) is 11.2. The van der Waals surface area contributed by atoms with Crippen LogP contribution >= 0.6 is 0 Å². The highest BCUT2D eigenvalue weighted by atomic mass is 16.5. The fraction of sp³-hybridized carbons (Fsp3) is 0.231. The Morgan fingerprint density at radius 3 is 2.86 bits per heavy atom. The van der Waals surface area contributed by atoms with Crippen molar-refractivity contribution in [2.45, 2.75) is 12.5 Å². The molecule has 1 amide bonds.